The summed E-state index contributed by atoms with van der Waals surface area (Å²) in [5.74, 6) is 0.399. The Morgan fingerprint density at radius 1 is 0.854 bits per heavy atom. The summed E-state index contributed by atoms with van der Waals surface area (Å²) in [5.41, 5.74) is 5.10. The Labute approximate surface area is 239 Å². The van der Waals surface area contributed by atoms with Gasteiger partial charge in [-0.25, -0.2) is 0 Å². The second kappa shape index (κ2) is 10.2. The van der Waals surface area contributed by atoms with Crippen LogP contribution in [0.3, 0.4) is 0 Å². The van der Waals surface area contributed by atoms with Gasteiger partial charge in [0.2, 0.25) is 5.78 Å². The van der Waals surface area contributed by atoms with Gasteiger partial charge in [-0.3, -0.25) is 18.6 Å². The Hall–Kier alpha value is -4.95. The first-order chi connectivity index (χ1) is 20.1. The average Bonchev–Trinajstić information content (AvgIpc) is 3.64. The molecule has 3 heterocycles. The standard InChI is InChI=1S/C33H25N5O2S/c1-21-15-17-22(18-16-21)20-37-31(40)25-12-6-8-14-28(25)38-32(37)35-36-33(38)41-30(23-9-3-2-4-10-23)29(39)26-19-34-27-13-7-5-11-24(26)27/h2-19,30,34H,20H2,1H3/t30-/m0/s1. The molecule has 0 saturated heterocycles. The van der Waals surface area contributed by atoms with Crippen molar-refractivity contribution in [1.82, 2.24) is 24.1 Å². The van der Waals surface area contributed by atoms with Gasteiger partial charge < -0.3 is 4.98 Å². The molecule has 41 heavy (non-hydrogen) atoms. The van der Waals surface area contributed by atoms with Gasteiger partial charge in [-0.05, 0) is 36.2 Å². The molecule has 1 N–H and O–H groups in total. The predicted molar refractivity (Wildman–Crippen MR) is 163 cm³/mol. The van der Waals surface area contributed by atoms with Crippen LogP contribution in [0.15, 0.2) is 119 Å². The van der Waals surface area contributed by atoms with Crippen LogP contribution in [0.25, 0.3) is 27.6 Å². The molecular formula is C33H25N5O2S. The van der Waals surface area contributed by atoms with E-state index < -0.39 is 5.25 Å². The maximum absolute atomic E-state index is 14.2. The number of ketones is 1. The number of Topliss-reactive ketones (excluding diaryl/α,β-unsaturated/α-hetero) is 1. The molecule has 7 rings (SSSR count). The van der Waals surface area contributed by atoms with Gasteiger partial charge in [0.25, 0.3) is 5.56 Å². The maximum atomic E-state index is 14.2. The maximum Gasteiger partial charge on any atom is 0.263 e. The van der Waals surface area contributed by atoms with Crippen LogP contribution in [0, 0.1) is 6.92 Å². The van der Waals surface area contributed by atoms with E-state index in [1.165, 1.54) is 11.8 Å². The van der Waals surface area contributed by atoms with Crippen LogP contribution in [0.2, 0.25) is 0 Å². The molecule has 7 nitrogen and oxygen atoms in total. The van der Waals surface area contributed by atoms with Crippen molar-refractivity contribution in [3.8, 4) is 0 Å². The summed E-state index contributed by atoms with van der Waals surface area (Å²) in [6, 6.07) is 33.1. The molecular weight excluding hydrogens is 530 g/mol. The zero-order chi connectivity index (χ0) is 27.9. The van der Waals surface area contributed by atoms with Crippen molar-refractivity contribution in [2.45, 2.75) is 23.9 Å². The number of benzene rings is 4. The quantitative estimate of drug-likeness (QED) is 0.177. The average molecular weight is 556 g/mol. The third-order valence-electron chi connectivity index (χ3n) is 7.36. The van der Waals surface area contributed by atoms with Crippen molar-refractivity contribution in [2.24, 2.45) is 0 Å². The van der Waals surface area contributed by atoms with E-state index in [4.69, 9.17) is 0 Å². The lowest BCUT2D eigenvalue weighted by atomic mass is 10.0. The largest absolute Gasteiger partial charge is 0.360 e. The number of hydrogen-bond donors (Lipinski definition) is 1. The monoisotopic (exact) mass is 555 g/mol. The number of aromatic amines is 1. The molecule has 0 fully saturated rings. The fraction of sp³-hybridized carbons (Fsp3) is 0.0909. The highest BCUT2D eigenvalue weighted by molar-refractivity contribution is 8.00. The van der Waals surface area contributed by atoms with E-state index in [0.717, 1.165) is 27.6 Å². The van der Waals surface area contributed by atoms with Gasteiger partial charge in [0.15, 0.2) is 10.9 Å². The molecule has 1 atom stereocenters. The van der Waals surface area contributed by atoms with Crippen LogP contribution in [0.1, 0.15) is 32.3 Å². The molecule has 3 aromatic heterocycles. The van der Waals surface area contributed by atoms with Crippen molar-refractivity contribution in [2.75, 3.05) is 0 Å². The lowest BCUT2D eigenvalue weighted by Crippen LogP contribution is -2.24. The summed E-state index contributed by atoms with van der Waals surface area (Å²) < 4.78 is 3.55. The van der Waals surface area contributed by atoms with Gasteiger partial charge in [-0.1, -0.05) is 102 Å². The third kappa shape index (κ3) is 4.42. The van der Waals surface area contributed by atoms with Crippen LogP contribution in [0.5, 0.6) is 0 Å². The second-order valence-corrected chi connectivity index (χ2v) is 11.1. The molecule has 0 amide bonds. The first-order valence-corrected chi connectivity index (χ1v) is 14.2. The number of H-pyrrole nitrogens is 1. The van der Waals surface area contributed by atoms with Gasteiger partial charge in [0.05, 0.1) is 17.4 Å². The number of para-hydroxylation sites is 2. The fourth-order valence-electron chi connectivity index (χ4n) is 5.25. The number of hydrogen-bond acceptors (Lipinski definition) is 5. The predicted octanol–water partition coefficient (Wildman–Crippen LogP) is 6.60. The van der Waals surface area contributed by atoms with E-state index >= 15 is 0 Å². The minimum atomic E-state index is -0.584. The van der Waals surface area contributed by atoms with Gasteiger partial charge in [0, 0.05) is 22.7 Å². The smallest absolute Gasteiger partial charge is 0.263 e. The number of nitrogens with zero attached hydrogens (tertiary/aromatic N) is 4. The number of fused-ring (bicyclic) bond motifs is 4. The Balaban J connectivity index is 1.39. The fourth-order valence-corrected chi connectivity index (χ4v) is 6.36. The molecule has 0 unspecified atom stereocenters. The molecule has 8 heteroatoms. The third-order valence-corrected chi connectivity index (χ3v) is 8.55. The Kier molecular flexibility index (Phi) is 6.24. The summed E-state index contributed by atoms with van der Waals surface area (Å²) >= 11 is 1.34. The van der Waals surface area contributed by atoms with E-state index in [0.29, 0.717) is 33.9 Å². The zero-order valence-electron chi connectivity index (χ0n) is 22.2. The summed E-state index contributed by atoms with van der Waals surface area (Å²) in [6.45, 7) is 2.39. The summed E-state index contributed by atoms with van der Waals surface area (Å²) in [5, 5.41) is 10.4. The van der Waals surface area contributed by atoms with Gasteiger partial charge in [-0.2, -0.15) is 0 Å². The molecule has 200 valence electrons. The molecule has 0 aliphatic rings. The van der Waals surface area contributed by atoms with Crippen molar-refractivity contribution >= 4 is 45.1 Å². The number of aryl methyl sites for hydroxylation is 1. The minimum Gasteiger partial charge on any atom is -0.360 e. The molecule has 4 aromatic carbocycles. The van der Waals surface area contributed by atoms with Crippen LogP contribution in [0.4, 0.5) is 0 Å². The highest BCUT2D eigenvalue weighted by Crippen LogP contribution is 2.39. The number of carbonyl (C=O) groups excluding carboxylic acids is 1. The Bertz CT molecular complexity index is 2110. The van der Waals surface area contributed by atoms with E-state index in [1.54, 1.807) is 10.8 Å². The lowest BCUT2D eigenvalue weighted by molar-refractivity contribution is 0.0991. The first kappa shape index (κ1) is 25.0. The van der Waals surface area contributed by atoms with E-state index in [2.05, 4.69) is 15.2 Å². The highest BCUT2D eigenvalue weighted by atomic mass is 32.2. The van der Waals surface area contributed by atoms with Gasteiger partial charge >= 0.3 is 0 Å². The normalized spacial score (nSPS) is 12.3. The van der Waals surface area contributed by atoms with Crippen molar-refractivity contribution in [1.29, 1.82) is 0 Å². The van der Waals surface area contributed by atoms with E-state index in [9.17, 15) is 9.59 Å². The summed E-state index contributed by atoms with van der Waals surface area (Å²) in [6.07, 6.45) is 1.78. The Morgan fingerprint density at radius 3 is 2.37 bits per heavy atom. The van der Waals surface area contributed by atoms with Crippen LogP contribution < -0.4 is 5.56 Å². The highest BCUT2D eigenvalue weighted by Gasteiger charge is 2.28. The Morgan fingerprint density at radius 2 is 1.56 bits per heavy atom. The number of aromatic nitrogens is 5. The number of nitrogens with one attached hydrogen (secondary N) is 1. The van der Waals surface area contributed by atoms with Crippen LogP contribution in [-0.2, 0) is 6.54 Å². The van der Waals surface area contributed by atoms with Crippen LogP contribution in [-0.4, -0.2) is 29.9 Å². The van der Waals surface area contributed by atoms with E-state index in [-0.39, 0.29) is 11.3 Å². The van der Waals surface area contributed by atoms with E-state index in [1.807, 2.05) is 114 Å². The summed E-state index contributed by atoms with van der Waals surface area (Å²) in [4.78, 5) is 31.1. The SMILES string of the molecule is Cc1ccc(Cn2c(=O)c3ccccc3n3c(S[C@H](C(=O)c4c[nH]c5ccccc45)c4ccccc4)nnc23)cc1. The second-order valence-electron chi connectivity index (χ2n) is 10.0. The number of rotatable bonds is 7. The van der Waals surface area contributed by atoms with Crippen molar-refractivity contribution in [3.63, 3.8) is 0 Å². The number of thioether (sulfide) groups is 1. The summed E-state index contributed by atoms with van der Waals surface area (Å²) in [7, 11) is 0. The zero-order valence-corrected chi connectivity index (χ0v) is 23.0. The van der Waals surface area contributed by atoms with Gasteiger partial charge in [0.1, 0.15) is 5.25 Å². The molecule has 0 aliphatic heterocycles. The van der Waals surface area contributed by atoms with Gasteiger partial charge in [-0.15, -0.1) is 10.2 Å². The van der Waals surface area contributed by atoms with Crippen LogP contribution >= 0.6 is 11.8 Å². The molecule has 0 spiro atoms. The number of carbonyl (C=O) groups is 1. The molecule has 0 radical (unpaired) electrons. The van der Waals surface area contributed by atoms with Crippen molar-refractivity contribution < 1.29 is 4.79 Å². The van der Waals surface area contributed by atoms with Crippen molar-refractivity contribution in [3.05, 3.63) is 142 Å². The minimum absolute atomic E-state index is 0.0346. The first-order valence-electron chi connectivity index (χ1n) is 13.3. The molecule has 0 saturated carbocycles. The topological polar surface area (TPSA) is 85.0 Å². The lowest BCUT2D eigenvalue weighted by Gasteiger charge is -2.16. The molecule has 7 aromatic rings. The molecule has 0 bridgehead atoms. The molecule has 0 aliphatic carbocycles.